The molecule has 12 heavy (non-hydrogen) atoms. The molecule has 2 aromatic rings. The van der Waals surface area contributed by atoms with E-state index in [2.05, 4.69) is 17.2 Å². The molecule has 0 bridgehead atoms. The van der Waals surface area contributed by atoms with Crippen molar-refractivity contribution in [1.29, 1.82) is 0 Å². The van der Waals surface area contributed by atoms with Crippen molar-refractivity contribution in [1.82, 2.24) is 4.98 Å². The van der Waals surface area contributed by atoms with Gasteiger partial charge in [0.1, 0.15) is 5.52 Å². The number of rotatable bonds is 0. The first-order valence-electron chi connectivity index (χ1n) is 3.15. The van der Waals surface area contributed by atoms with Gasteiger partial charge in [0.15, 0.2) is 17.2 Å². The lowest BCUT2D eigenvalue weighted by Crippen LogP contribution is -1.83. The van der Waals surface area contributed by atoms with Crippen LogP contribution >= 0.6 is 12.2 Å². The zero-order valence-corrected chi connectivity index (χ0v) is 6.54. The second-order valence-corrected chi connectivity index (χ2v) is 2.62. The topological polar surface area (TPSA) is 28.9 Å². The monoisotopic (exact) mass is 187 g/mol. The van der Waals surface area contributed by atoms with Crippen LogP contribution in [-0.4, -0.2) is 4.98 Å². The molecule has 0 saturated heterocycles. The number of H-pyrrole nitrogens is 1. The third-order valence-electron chi connectivity index (χ3n) is 1.49. The summed E-state index contributed by atoms with van der Waals surface area (Å²) in [5.74, 6) is -1.89. The summed E-state index contributed by atoms with van der Waals surface area (Å²) in [4.78, 5) is 2.44. The molecule has 0 radical (unpaired) electrons. The molecule has 0 saturated carbocycles. The molecule has 0 atom stereocenters. The summed E-state index contributed by atoms with van der Waals surface area (Å²) in [6.45, 7) is 0. The van der Waals surface area contributed by atoms with Gasteiger partial charge in [-0.05, 0) is 24.4 Å². The molecule has 1 aromatic heterocycles. The Morgan fingerprint density at radius 3 is 2.83 bits per heavy atom. The Bertz CT molecular complexity index is 488. The molecule has 0 aliphatic rings. The lowest BCUT2D eigenvalue weighted by atomic mass is 10.3. The molecule has 0 spiro atoms. The van der Waals surface area contributed by atoms with Gasteiger partial charge in [-0.3, -0.25) is 0 Å². The maximum absolute atomic E-state index is 12.9. The minimum absolute atomic E-state index is 0.0278. The van der Waals surface area contributed by atoms with Gasteiger partial charge in [-0.15, -0.1) is 0 Å². The first-order chi connectivity index (χ1) is 5.68. The van der Waals surface area contributed by atoms with Crippen LogP contribution in [0.4, 0.5) is 8.78 Å². The van der Waals surface area contributed by atoms with Gasteiger partial charge in [-0.25, -0.2) is 8.78 Å². The number of aromatic amines is 1. The lowest BCUT2D eigenvalue weighted by molar-refractivity contribution is 0.514. The van der Waals surface area contributed by atoms with Crippen LogP contribution < -0.4 is 0 Å². The average molecular weight is 187 g/mol. The van der Waals surface area contributed by atoms with Gasteiger partial charge in [-0.2, -0.15) is 0 Å². The van der Waals surface area contributed by atoms with Crippen LogP contribution in [0.3, 0.4) is 0 Å². The van der Waals surface area contributed by atoms with E-state index in [0.717, 1.165) is 6.07 Å². The van der Waals surface area contributed by atoms with E-state index >= 15 is 0 Å². The number of halogens is 2. The fourth-order valence-corrected chi connectivity index (χ4v) is 1.15. The zero-order chi connectivity index (χ0) is 8.72. The number of aromatic nitrogens is 1. The van der Waals surface area contributed by atoms with E-state index < -0.39 is 11.6 Å². The van der Waals surface area contributed by atoms with Crippen LogP contribution in [-0.2, 0) is 0 Å². The summed E-state index contributed by atoms with van der Waals surface area (Å²) in [6.07, 6.45) is 0. The molecule has 0 aliphatic carbocycles. The van der Waals surface area contributed by atoms with Gasteiger partial charge in [0.2, 0.25) is 0 Å². The third kappa shape index (κ3) is 0.937. The average Bonchev–Trinajstić information content (AvgIpc) is 2.39. The van der Waals surface area contributed by atoms with Crippen molar-refractivity contribution in [2.24, 2.45) is 0 Å². The van der Waals surface area contributed by atoms with E-state index in [1.807, 2.05) is 0 Å². The Kier molecular flexibility index (Phi) is 1.47. The lowest BCUT2D eigenvalue weighted by Gasteiger charge is -1.90. The van der Waals surface area contributed by atoms with Crippen molar-refractivity contribution in [2.45, 2.75) is 0 Å². The number of nitrogens with one attached hydrogen (secondary N) is 1. The molecule has 5 heteroatoms. The quantitative estimate of drug-likeness (QED) is 0.642. The SMILES string of the molecule is Fc1ccc2oc(=S)[nH]c2c1F. The molecule has 0 amide bonds. The highest BCUT2D eigenvalue weighted by molar-refractivity contribution is 7.71. The summed E-state index contributed by atoms with van der Waals surface area (Å²) in [7, 11) is 0. The second-order valence-electron chi connectivity index (χ2n) is 2.25. The van der Waals surface area contributed by atoms with E-state index in [1.165, 1.54) is 6.07 Å². The Morgan fingerprint density at radius 1 is 1.33 bits per heavy atom. The number of oxazole rings is 1. The van der Waals surface area contributed by atoms with E-state index in [9.17, 15) is 8.78 Å². The van der Waals surface area contributed by atoms with Crippen molar-refractivity contribution in [3.63, 3.8) is 0 Å². The first kappa shape index (κ1) is 7.42. The van der Waals surface area contributed by atoms with E-state index in [0.29, 0.717) is 0 Å². The highest BCUT2D eigenvalue weighted by atomic mass is 32.1. The smallest absolute Gasteiger partial charge is 0.266 e. The zero-order valence-electron chi connectivity index (χ0n) is 5.73. The molecule has 0 fully saturated rings. The Labute approximate surface area is 70.8 Å². The predicted molar refractivity (Wildman–Crippen MR) is 41.3 cm³/mol. The van der Waals surface area contributed by atoms with Crippen LogP contribution in [0.5, 0.6) is 0 Å². The molecule has 62 valence electrons. The van der Waals surface area contributed by atoms with Crippen molar-refractivity contribution < 1.29 is 13.2 Å². The Morgan fingerprint density at radius 2 is 2.08 bits per heavy atom. The minimum Gasteiger partial charge on any atom is -0.429 e. The normalized spacial score (nSPS) is 10.8. The summed E-state index contributed by atoms with van der Waals surface area (Å²) in [5.41, 5.74) is 0.193. The number of fused-ring (bicyclic) bond motifs is 1. The Hall–Kier alpha value is -1.23. The van der Waals surface area contributed by atoms with E-state index in [1.54, 1.807) is 0 Å². The van der Waals surface area contributed by atoms with Gasteiger partial charge >= 0.3 is 0 Å². The van der Waals surface area contributed by atoms with Gasteiger partial charge in [0.25, 0.3) is 4.84 Å². The standard InChI is InChI=1S/C7H3F2NOS/c8-3-1-2-4-6(5(3)9)10-7(12)11-4/h1-2H,(H,10,12). The molecule has 1 N–H and O–H groups in total. The van der Waals surface area contributed by atoms with Crippen molar-refractivity contribution >= 4 is 23.3 Å². The molecule has 2 rings (SSSR count). The number of hydrogen-bond donors (Lipinski definition) is 1. The fraction of sp³-hybridized carbons (Fsp3) is 0. The van der Waals surface area contributed by atoms with Gasteiger partial charge in [-0.1, -0.05) is 0 Å². The molecule has 0 unspecified atom stereocenters. The molecule has 1 heterocycles. The summed E-state index contributed by atoms with van der Waals surface area (Å²) in [5, 5.41) is 0. The third-order valence-corrected chi connectivity index (χ3v) is 1.67. The maximum Gasteiger partial charge on any atom is 0.266 e. The maximum atomic E-state index is 12.9. The van der Waals surface area contributed by atoms with Gasteiger partial charge in [0.05, 0.1) is 0 Å². The highest BCUT2D eigenvalue weighted by Gasteiger charge is 2.09. The molecule has 1 aromatic carbocycles. The summed E-state index contributed by atoms with van der Waals surface area (Å²) < 4.78 is 30.3. The van der Waals surface area contributed by atoms with Crippen LogP contribution in [0.15, 0.2) is 16.5 Å². The van der Waals surface area contributed by atoms with Crippen LogP contribution in [0.2, 0.25) is 0 Å². The number of benzene rings is 1. The summed E-state index contributed by atoms with van der Waals surface area (Å²) in [6, 6.07) is 2.31. The molecular weight excluding hydrogens is 184 g/mol. The van der Waals surface area contributed by atoms with Crippen LogP contribution in [0, 0.1) is 16.5 Å². The summed E-state index contributed by atoms with van der Waals surface area (Å²) >= 11 is 4.60. The molecule has 2 nitrogen and oxygen atoms in total. The van der Waals surface area contributed by atoms with Crippen molar-refractivity contribution in [3.8, 4) is 0 Å². The van der Waals surface area contributed by atoms with Crippen molar-refractivity contribution in [3.05, 3.63) is 28.6 Å². The number of hydrogen-bond acceptors (Lipinski definition) is 2. The predicted octanol–water partition coefficient (Wildman–Crippen LogP) is 2.77. The first-order valence-corrected chi connectivity index (χ1v) is 3.56. The van der Waals surface area contributed by atoms with Crippen LogP contribution in [0.1, 0.15) is 0 Å². The van der Waals surface area contributed by atoms with Gasteiger partial charge < -0.3 is 9.40 Å². The largest absolute Gasteiger partial charge is 0.429 e. The Balaban J connectivity index is 2.99. The van der Waals surface area contributed by atoms with E-state index in [-0.39, 0.29) is 15.9 Å². The second kappa shape index (κ2) is 2.38. The van der Waals surface area contributed by atoms with Gasteiger partial charge in [0, 0.05) is 0 Å². The van der Waals surface area contributed by atoms with Crippen molar-refractivity contribution in [2.75, 3.05) is 0 Å². The van der Waals surface area contributed by atoms with E-state index in [4.69, 9.17) is 4.42 Å². The minimum atomic E-state index is -0.965. The molecule has 0 aliphatic heterocycles. The highest BCUT2D eigenvalue weighted by Crippen LogP contribution is 2.18. The molecular formula is C7H3F2NOS. The van der Waals surface area contributed by atoms with Crippen LogP contribution in [0.25, 0.3) is 11.1 Å². The fourth-order valence-electron chi connectivity index (χ4n) is 0.962.